The number of nitrogens with zero attached hydrogens (tertiary/aromatic N) is 3. The van der Waals surface area contributed by atoms with Crippen LogP contribution < -0.4 is 0 Å². The van der Waals surface area contributed by atoms with Crippen molar-refractivity contribution in [1.29, 1.82) is 0 Å². The summed E-state index contributed by atoms with van der Waals surface area (Å²) >= 11 is 0. The minimum Gasteiger partial charge on any atom is -0.469 e. The van der Waals surface area contributed by atoms with Crippen LogP contribution in [0.2, 0.25) is 0 Å². The van der Waals surface area contributed by atoms with Crippen LogP contribution in [0.1, 0.15) is 12.0 Å². The molecule has 2 aliphatic rings. The zero-order chi connectivity index (χ0) is 22.5. The van der Waals surface area contributed by atoms with Crippen molar-refractivity contribution in [3.8, 4) is 0 Å². The van der Waals surface area contributed by atoms with Crippen LogP contribution in [0.4, 0.5) is 0 Å². The lowest BCUT2D eigenvalue weighted by Gasteiger charge is -2.42. The predicted octanol–water partition coefficient (Wildman–Crippen LogP) is 0.645. The van der Waals surface area contributed by atoms with E-state index in [4.69, 9.17) is 4.74 Å². The number of carbonyl (C=O) groups is 3. The molecule has 9 nitrogen and oxygen atoms in total. The summed E-state index contributed by atoms with van der Waals surface area (Å²) in [6.07, 6.45) is 2.54. The quantitative estimate of drug-likeness (QED) is 0.521. The Labute approximate surface area is 187 Å². The van der Waals surface area contributed by atoms with Crippen molar-refractivity contribution in [2.75, 3.05) is 59.6 Å². The highest BCUT2D eigenvalue weighted by atomic mass is 16.5. The Hall–Kier alpha value is -2.91. The highest BCUT2D eigenvalue weighted by Crippen LogP contribution is 2.20. The number of aromatic amines is 1. The van der Waals surface area contributed by atoms with Gasteiger partial charge in [0.05, 0.1) is 20.3 Å². The van der Waals surface area contributed by atoms with E-state index in [2.05, 4.69) is 26.8 Å². The fraction of sp³-hybridized carbons (Fsp3) is 0.522. The number of aromatic nitrogens is 1. The van der Waals surface area contributed by atoms with Crippen LogP contribution in [0.5, 0.6) is 0 Å². The zero-order valence-electron chi connectivity index (χ0n) is 18.4. The molecule has 2 aliphatic heterocycles. The highest BCUT2D eigenvalue weighted by molar-refractivity contribution is 5.97. The molecular weight excluding hydrogens is 412 g/mol. The van der Waals surface area contributed by atoms with Crippen LogP contribution >= 0.6 is 0 Å². The number of hydrogen-bond acceptors (Lipinski definition) is 6. The van der Waals surface area contributed by atoms with E-state index in [0.717, 1.165) is 18.5 Å². The van der Waals surface area contributed by atoms with Gasteiger partial charge in [-0.15, -0.1) is 0 Å². The molecule has 32 heavy (non-hydrogen) atoms. The number of H-pyrrole nitrogens is 1. The maximum absolute atomic E-state index is 13.3. The number of carbonyl (C=O) groups excluding carboxylic acids is 3. The molecule has 1 aromatic carbocycles. The van der Waals surface area contributed by atoms with Gasteiger partial charge >= 0.3 is 5.97 Å². The summed E-state index contributed by atoms with van der Waals surface area (Å²) in [6, 6.07) is 7.59. The van der Waals surface area contributed by atoms with Crippen molar-refractivity contribution in [1.82, 2.24) is 19.7 Å². The minimum atomic E-state index is -0.609. The Morgan fingerprint density at radius 1 is 1.12 bits per heavy atom. The number of hydrogen-bond donors (Lipinski definition) is 1. The lowest BCUT2D eigenvalue weighted by molar-refractivity contribution is -0.155. The molecule has 0 radical (unpaired) electrons. The van der Waals surface area contributed by atoms with E-state index in [0.29, 0.717) is 45.9 Å². The van der Waals surface area contributed by atoms with E-state index < -0.39 is 12.0 Å². The second-order valence-electron chi connectivity index (χ2n) is 8.20. The van der Waals surface area contributed by atoms with Gasteiger partial charge in [-0.1, -0.05) is 18.2 Å². The zero-order valence-corrected chi connectivity index (χ0v) is 18.4. The first-order valence-corrected chi connectivity index (χ1v) is 11.1. The van der Waals surface area contributed by atoms with E-state index in [1.807, 2.05) is 18.3 Å². The van der Waals surface area contributed by atoms with E-state index in [-0.39, 0.29) is 18.2 Å². The van der Waals surface area contributed by atoms with Crippen LogP contribution in [0, 0.1) is 0 Å². The third-order valence-electron chi connectivity index (χ3n) is 6.29. The number of amides is 2. The monoisotopic (exact) mass is 442 g/mol. The summed E-state index contributed by atoms with van der Waals surface area (Å²) < 4.78 is 10.0. The molecular formula is C23H30N4O5. The third-order valence-corrected chi connectivity index (χ3v) is 6.29. The summed E-state index contributed by atoms with van der Waals surface area (Å²) in [6.45, 7) is 4.33. The van der Waals surface area contributed by atoms with Gasteiger partial charge in [0, 0.05) is 56.4 Å². The maximum atomic E-state index is 13.3. The number of rotatable bonds is 6. The van der Waals surface area contributed by atoms with Crippen molar-refractivity contribution in [3.63, 3.8) is 0 Å². The number of nitrogens with one attached hydrogen (secondary N) is 1. The molecule has 2 fully saturated rings. The number of ether oxygens (including phenoxy) is 2. The van der Waals surface area contributed by atoms with Gasteiger partial charge in [0.2, 0.25) is 11.8 Å². The normalized spacial score (nSPS) is 19.8. The number of para-hydroxylation sites is 1. The van der Waals surface area contributed by atoms with Crippen molar-refractivity contribution in [3.05, 3.63) is 36.0 Å². The van der Waals surface area contributed by atoms with Crippen LogP contribution in [0.3, 0.4) is 0 Å². The molecule has 3 heterocycles. The first-order chi connectivity index (χ1) is 15.6. The molecule has 172 valence electrons. The number of methoxy groups -OCH3 is 1. The van der Waals surface area contributed by atoms with E-state index >= 15 is 0 Å². The molecule has 0 bridgehead atoms. The Bertz CT molecular complexity index is 968. The van der Waals surface area contributed by atoms with E-state index in [9.17, 15) is 14.4 Å². The first-order valence-electron chi connectivity index (χ1n) is 11.1. The molecule has 1 N–H and O–H groups in total. The summed E-state index contributed by atoms with van der Waals surface area (Å²) in [5, 5.41) is 1.21. The van der Waals surface area contributed by atoms with Gasteiger partial charge in [0.15, 0.2) is 0 Å². The molecule has 1 aromatic heterocycles. The molecule has 4 rings (SSSR count). The Morgan fingerprint density at radius 2 is 1.91 bits per heavy atom. The van der Waals surface area contributed by atoms with Crippen LogP contribution in [-0.4, -0.2) is 103 Å². The molecule has 9 heteroatoms. The fourth-order valence-electron chi connectivity index (χ4n) is 4.46. The van der Waals surface area contributed by atoms with E-state index in [1.165, 1.54) is 18.1 Å². The lowest BCUT2D eigenvalue weighted by Crippen LogP contribution is -2.62. The minimum absolute atomic E-state index is 0.0803. The van der Waals surface area contributed by atoms with Gasteiger partial charge in [-0.2, -0.15) is 0 Å². The number of piperazine rings is 1. The fourth-order valence-corrected chi connectivity index (χ4v) is 4.46. The van der Waals surface area contributed by atoms with Crippen LogP contribution in [-0.2, 0) is 30.3 Å². The van der Waals surface area contributed by atoms with Gasteiger partial charge in [-0.3, -0.25) is 19.3 Å². The van der Waals surface area contributed by atoms with Gasteiger partial charge in [0.25, 0.3) is 0 Å². The largest absolute Gasteiger partial charge is 0.469 e. The number of benzene rings is 1. The summed E-state index contributed by atoms with van der Waals surface area (Å²) in [5.41, 5.74) is 2.35. The Kier molecular flexibility index (Phi) is 7.06. The molecule has 0 spiro atoms. The van der Waals surface area contributed by atoms with Gasteiger partial charge in [-0.25, -0.2) is 0 Å². The molecule has 1 unspecified atom stereocenters. The highest BCUT2D eigenvalue weighted by Gasteiger charge is 2.38. The third kappa shape index (κ3) is 4.94. The van der Waals surface area contributed by atoms with Crippen molar-refractivity contribution < 1.29 is 23.9 Å². The molecule has 2 aromatic rings. The van der Waals surface area contributed by atoms with E-state index in [1.54, 1.807) is 9.80 Å². The molecule has 2 amide bonds. The number of fused-ring (bicyclic) bond motifs is 1. The molecule has 0 saturated carbocycles. The SMILES string of the molecule is COC(=O)CC(=O)N1CCN(CCc2c[nH]c3ccccc23)CC1C(=O)N1CCOCC1. The maximum Gasteiger partial charge on any atom is 0.315 e. The van der Waals surface area contributed by atoms with Crippen molar-refractivity contribution >= 4 is 28.7 Å². The van der Waals surface area contributed by atoms with Gasteiger partial charge in [0.1, 0.15) is 12.5 Å². The van der Waals surface area contributed by atoms with Gasteiger partial charge < -0.3 is 24.3 Å². The van der Waals surface area contributed by atoms with Crippen LogP contribution in [0.25, 0.3) is 10.9 Å². The lowest BCUT2D eigenvalue weighted by atomic mass is 10.1. The topological polar surface area (TPSA) is 95.2 Å². The summed E-state index contributed by atoms with van der Waals surface area (Å²) in [7, 11) is 1.26. The number of morpholine rings is 1. The number of esters is 1. The predicted molar refractivity (Wildman–Crippen MR) is 118 cm³/mol. The molecule has 0 aliphatic carbocycles. The van der Waals surface area contributed by atoms with Crippen molar-refractivity contribution in [2.24, 2.45) is 0 Å². The second kappa shape index (κ2) is 10.1. The average molecular weight is 443 g/mol. The smallest absolute Gasteiger partial charge is 0.315 e. The standard InChI is InChI=1S/C23H30N4O5/c1-31-22(29)14-21(28)27-9-8-25(16-20(27)23(30)26-10-12-32-13-11-26)7-6-17-15-24-19-5-3-2-4-18(17)19/h2-5,15,20,24H,6-14,16H2,1H3. The molecule has 2 saturated heterocycles. The van der Waals surface area contributed by atoms with Crippen molar-refractivity contribution in [2.45, 2.75) is 18.9 Å². The molecule has 1 atom stereocenters. The summed E-state index contributed by atoms with van der Waals surface area (Å²) in [5.74, 6) is -1.03. The Balaban J connectivity index is 1.45. The Morgan fingerprint density at radius 3 is 2.69 bits per heavy atom. The second-order valence-corrected chi connectivity index (χ2v) is 8.20. The average Bonchev–Trinajstić information content (AvgIpc) is 3.25. The van der Waals surface area contributed by atoms with Crippen LogP contribution in [0.15, 0.2) is 30.5 Å². The summed E-state index contributed by atoms with van der Waals surface area (Å²) in [4.78, 5) is 46.6. The first kappa shape index (κ1) is 22.3. The van der Waals surface area contributed by atoms with Gasteiger partial charge in [-0.05, 0) is 18.1 Å².